The minimum absolute atomic E-state index is 0.128. The van der Waals surface area contributed by atoms with Crippen LogP contribution in [0.25, 0.3) is 0 Å². The third-order valence-electron chi connectivity index (χ3n) is 3.68. The van der Waals surface area contributed by atoms with E-state index in [-0.39, 0.29) is 18.3 Å². The van der Waals surface area contributed by atoms with Crippen LogP contribution in [-0.2, 0) is 12.6 Å². The molecule has 126 valence electrons. The minimum Gasteiger partial charge on any atom is -0.434 e. The molecule has 2 unspecified atom stereocenters. The molecule has 1 aromatic carbocycles. The van der Waals surface area contributed by atoms with Crippen molar-refractivity contribution in [3.63, 3.8) is 0 Å². The van der Waals surface area contributed by atoms with Crippen molar-refractivity contribution in [1.82, 2.24) is 15.1 Å². The molecule has 0 aliphatic heterocycles. The van der Waals surface area contributed by atoms with Gasteiger partial charge in [0.25, 0.3) is 0 Å². The third-order valence-corrected chi connectivity index (χ3v) is 3.68. The van der Waals surface area contributed by atoms with Crippen molar-refractivity contribution in [1.29, 1.82) is 0 Å². The molecule has 7 heteroatoms. The van der Waals surface area contributed by atoms with Crippen LogP contribution in [0.5, 0.6) is 5.75 Å². The van der Waals surface area contributed by atoms with E-state index in [2.05, 4.69) is 15.2 Å². The Morgan fingerprint density at radius 1 is 1.39 bits per heavy atom. The summed E-state index contributed by atoms with van der Waals surface area (Å²) in [5, 5.41) is 17.7. The van der Waals surface area contributed by atoms with Crippen molar-refractivity contribution in [3.05, 3.63) is 47.8 Å². The number of benzene rings is 1. The highest BCUT2D eigenvalue weighted by Gasteiger charge is 2.26. The molecule has 1 heterocycles. The number of aliphatic hydroxyl groups is 1. The van der Waals surface area contributed by atoms with Crippen LogP contribution in [0.15, 0.2) is 36.7 Å². The van der Waals surface area contributed by atoms with Gasteiger partial charge in [-0.2, -0.15) is 13.9 Å². The maximum atomic E-state index is 12.5. The first-order valence-electron chi connectivity index (χ1n) is 7.28. The minimum atomic E-state index is -2.87. The molecule has 0 saturated heterocycles. The van der Waals surface area contributed by atoms with Crippen LogP contribution in [0.3, 0.4) is 0 Å². The van der Waals surface area contributed by atoms with Gasteiger partial charge in [0, 0.05) is 37.0 Å². The van der Waals surface area contributed by atoms with E-state index in [1.165, 1.54) is 6.07 Å². The number of aromatic nitrogens is 2. The zero-order chi connectivity index (χ0) is 17.0. The standard InChI is InChI=1S/C16H21F2N3O2/c1-11(13-6-4-5-7-14(13)23-15(17)18)19-10-16(2,22)12-8-20-21(3)9-12/h4-9,11,15,19,22H,10H2,1-3H3. The second kappa shape index (κ2) is 7.06. The molecule has 0 saturated carbocycles. The normalized spacial score (nSPS) is 15.4. The lowest BCUT2D eigenvalue weighted by atomic mass is 9.98. The molecular weight excluding hydrogens is 304 g/mol. The monoisotopic (exact) mass is 325 g/mol. The van der Waals surface area contributed by atoms with Crippen molar-refractivity contribution in [2.45, 2.75) is 32.1 Å². The smallest absolute Gasteiger partial charge is 0.387 e. The molecule has 23 heavy (non-hydrogen) atoms. The Hall–Kier alpha value is -1.99. The Morgan fingerprint density at radius 3 is 2.70 bits per heavy atom. The van der Waals surface area contributed by atoms with Crippen molar-refractivity contribution >= 4 is 0 Å². The predicted molar refractivity (Wildman–Crippen MR) is 82.3 cm³/mol. The summed E-state index contributed by atoms with van der Waals surface area (Å²) in [5.74, 6) is 0.128. The number of ether oxygens (including phenoxy) is 1. The van der Waals surface area contributed by atoms with E-state index in [4.69, 9.17) is 0 Å². The van der Waals surface area contributed by atoms with Crippen LogP contribution in [0.4, 0.5) is 8.78 Å². The Kier molecular flexibility index (Phi) is 5.33. The van der Waals surface area contributed by atoms with Gasteiger partial charge in [0.15, 0.2) is 0 Å². The zero-order valence-corrected chi connectivity index (χ0v) is 13.3. The number of nitrogens with zero attached hydrogens (tertiary/aromatic N) is 2. The zero-order valence-electron chi connectivity index (χ0n) is 13.3. The molecule has 0 fully saturated rings. The number of aryl methyl sites for hydroxylation is 1. The van der Waals surface area contributed by atoms with Crippen LogP contribution in [-0.4, -0.2) is 28.0 Å². The van der Waals surface area contributed by atoms with Gasteiger partial charge in [0.05, 0.1) is 6.20 Å². The van der Waals surface area contributed by atoms with Gasteiger partial charge in [-0.05, 0) is 19.9 Å². The van der Waals surface area contributed by atoms with Crippen LogP contribution < -0.4 is 10.1 Å². The molecule has 2 rings (SSSR count). The van der Waals surface area contributed by atoms with Gasteiger partial charge in [-0.15, -0.1) is 0 Å². The summed E-state index contributed by atoms with van der Waals surface area (Å²) in [5.41, 5.74) is 0.160. The first kappa shape index (κ1) is 17.4. The maximum absolute atomic E-state index is 12.5. The molecule has 0 bridgehead atoms. The van der Waals surface area contributed by atoms with Crippen LogP contribution >= 0.6 is 0 Å². The van der Waals surface area contributed by atoms with Crippen molar-refractivity contribution in [2.24, 2.45) is 7.05 Å². The van der Waals surface area contributed by atoms with Crippen LogP contribution in [0, 0.1) is 0 Å². The number of hydrogen-bond donors (Lipinski definition) is 2. The second-order valence-electron chi connectivity index (χ2n) is 5.70. The fraction of sp³-hybridized carbons (Fsp3) is 0.438. The fourth-order valence-corrected chi connectivity index (χ4v) is 2.30. The van der Waals surface area contributed by atoms with E-state index in [9.17, 15) is 13.9 Å². The maximum Gasteiger partial charge on any atom is 0.387 e. The molecule has 0 radical (unpaired) electrons. The fourth-order valence-electron chi connectivity index (χ4n) is 2.30. The molecule has 2 N–H and O–H groups in total. The molecule has 1 aromatic heterocycles. The third kappa shape index (κ3) is 4.49. The summed E-state index contributed by atoms with van der Waals surface area (Å²) >= 11 is 0. The van der Waals surface area contributed by atoms with Gasteiger partial charge >= 0.3 is 6.61 Å². The molecule has 5 nitrogen and oxygen atoms in total. The molecule has 0 amide bonds. The summed E-state index contributed by atoms with van der Waals surface area (Å²) in [6, 6.07) is 6.34. The first-order chi connectivity index (χ1) is 10.8. The quantitative estimate of drug-likeness (QED) is 0.821. The molecule has 2 aromatic rings. The summed E-state index contributed by atoms with van der Waals surface area (Å²) < 4.78 is 31.1. The predicted octanol–water partition coefficient (Wildman–Crippen LogP) is 2.58. The number of nitrogens with one attached hydrogen (secondary N) is 1. The molecule has 2 atom stereocenters. The van der Waals surface area contributed by atoms with Gasteiger partial charge in [-0.1, -0.05) is 18.2 Å². The number of halogens is 2. The van der Waals surface area contributed by atoms with Crippen LogP contribution in [0.1, 0.15) is 31.0 Å². The lowest BCUT2D eigenvalue weighted by Gasteiger charge is -2.26. The highest BCUT2D eigenvalue weighted by atomic mass is 19.3. The topological polar surface area (TPSA) is 59.3 Å². The van der Waals surface area contributed by atoms with Crippen LogP contribution in [0.2, 0.25) is 0 Å². The number of hydrogen-bond acceptors (Lipinski definition) is 4. The summed E-state index contributed by atoms with van der Waals surface area (Å²) in [7, 11) is 1.77. The number of para-hydroxylation sites is 1. The second-order valence-corrected chi connectivity index (χ2v) is 5.70. The Labute approximate surface area is 133 Å². The molecular formula is C16H21F2N3O2. The van der Waals surface area contributed by atoms with E-state index in [1.54, 1.807) is 49.2 Å². The SMILES string of the molecule is CC(NCC(C)(O)c1cnn(C)c1)c1ccccc1OC(F)F. The van der Waals surface area contributed by atoms with Gasteiger partial charge in [-0.25, -0.2) is 0 Å². The molecule has 0 spiro atoms. The average molecular weight is 325 g/mol. The summed E-state index contributed by atoms with van der Waals surface area (Å²) in [6.07, 6.45) is 3.33. The van der Waals surface area contributed by atoms with E-state index < -0.39 is 12.2 Å². The highest BCUT2D eigenvalue weighted by Crippen LogP contribution is 2.27. The van der Waals surface area contributed by atoms with E-state index in [1.807, 2.05) is 6.92 Å². The van der Waals surface area contributed by atoms with Crippen molar-refractivity contribution in [3.8, 4) is 5.75 Å². The van der Waals surface area contributed by atoms with E-state index in [0.717, 1.165) is 0 Å². The Bertz CT molecular complexity index is 644. The van der Waals surface area contributed by atoms with E-state index in [0.29, 0.717) is 11.1 Å². The lowest BCUT2D eigenvalue weighted by Crippen LogP contribution is -2.36. The molecule has 0 aliphatic rings. The average Bonchev–Trinajstić information content (AvgIpc) is 2.92. The van der Waals surface area contributed by atoms with Crippen molar-refractivity contribution in [2.75, 3.05) is 6.54 Å². The first-order valence-corrected chi connectivity index (χ1v) is 7.28. The van der Waals surface area contributed by atoms with E-state index >= 15 is 0 Å². The number of alkyl halides is 2. The summed E-state index contributed by atoms with van der Waals surface area (Å²) in [6.45, 7) is 0.864. The largest absolute Gasteiger partial charge is 0.434 e. The van der Waals surface area contributed by atoms with Gasteiger partial charge in [0.1, 0.15) is 11.4 Å². The number of rotatable bonds is 7. The summed E-state index contributed by atoms with van der Waals surface area (Å²) in [4.78, 5) is 0. The highest BCUT2D eigenvalue weighted by molar-refractivity contribution is 5.35. The van der Waals surface area contributed by atoms with Gasteiger partial charge in [0.2, 0.25) is 0 Å². The Morgan fingerprint density at radius 2 is 2.09 bits per heavy atom. The van der Waals surface area contributed by atoms with Crippen molar-refractivity contribution < 1.29 is 18.6 Å². The van der Waals surface area contributed by atoms with Gasteiger partial charge < -0.3 is 15.2 Å². The molecule has 0 aliphatic carbocycles. The Balaban J connectivity index is 2.06. The van der Waals surface area contributed by atoms with Gasteiger partial charge in [-0.3, -0.25) is 4.68 Å². The lowest BCUT2D eigenvalue weighted by molar-refractivity contribution is -0.0507.